The minimum atomic E-state index is 0.388. The zero-order chi connectivity index (χ0) is 15.7. The maximum atomic E-state index is 10.7. The first kappa shape index (κ1) is 14.3. The fourth-order valence-electron chi connectivity index (χ4n) is 6.77. The van der Waals surface area contributed by atoms with Gasteiger partial charge in [-0.2, -0.15) is 0 Å². The highest BCUT2D eigenvalue weighted by atomic mass is 16.3. The fourth-order valence-corrected chi connectivity index (χ4v) is 6.77. The number of benzene rings is 1. The average Bonchev–Trinajstić information content (AvgIpc) is 2.57. The molecule has 1 saturated carbocycles. The van der Waals surface area contributed by atoms with Crippen LogP contribution in [0.5, 0.6) is 5.75 Å². The molecule has 3 fully saturated rings. The molecule has 2 heteroatoms. The van der Waals surface area contributed by atoms with Crippen molar-refractivity contribution in [3.05, 3.63) is 28.8 Å². The van der Waals surface area contributed by atoms with Crippen LogP contribution >= 0.6 is 0 Å². The Morgan fingerprint density at radius 1 is 1.22 bits per heavy atom. The van der Waals surface area contributed by atoms with Crippen molar-refractivity contribution in [2.75, 3.05) is 13.1 Å². The number of aryl methyl sites for hydroxylation is 1. The van der Waals surface area contributed by atoms with Crippen molar-refractivity contribution in [3.8, 4) is 5.75 Å². The SMILES string of the molecule is CCCCc1cc2c(cc1O)C13CCCCC14CN(CC3)C4C2. The second-order valence-electron chi connectivity index (χ2n) is 8.63. The Balaban J connectivity index is 1.64. The van der Waals surface area contributed by atoms with Gasteiger partial charge in [0.05, 0.1) is 0 Å². The van der Waals surface area contributed by atoms with Gasteiger partial charge in [-0.3, -0.25) is 4.90 Å². The zero-order valence-electron chi connectivity index (χ0n) is 14.4. The predicted molar refractivity (Wildman–Crippen MR) is 93.0 cm³/mol. The molecule has 1 aromatic rings. The van der Waals surface area contributed by atoms with E-state index in [2.05, 4.69) is 24.0 Å². The number of unbranched alkanes of at least 4 members (excludes halogenated alkanes) is 1. The number of hydrogen-bond donors (Lipinski definition) is 1. The van der Waals surface area contributed by atoms with Crippen LogP contribution in [0.15, 0.2) is 12.1 Å². The average molecular weight is 311 g/mol. The van der Waals surface area contributed by atoms with Gasteiger partial charge in [-0.25, -0.2) is 0 Å². The minimum Gasteiger partial charge on any atom is -0.508 e. The first-order valence-electron chi connectivity index (χ1n) is 9.79. The number of piperidine rings is 2. The van der Waals surface area contributed by atoms with E-state index in [0.717, 1.165) is 12.5 Å². The molecule has 4 unspecified atom stereocenters. The predicted octanol–water partition coefficient (Wildman–Crippen LogP) is 4.18. The number of aromatic hydroxyl groups is 1. The summed E-state index contributed by atoms with van der Waals surface area (Å²) in [5.41, 5.74) is 5.24. The molecule has 4 atom stereocenters. The normalized spacial score (nSPS) is 40.0. The molecule has 2 aliphatic carbocycles. The van der Waals surface area contributed by atoms with E-state index in [1.807, 2.05) is 0 Å². The molecule has 0 aromatic heterocycles. The maximum absolute atomic E-state index is 10.7. The standard InChI is InChI=1S/C21H29NO/c1-2-3-6-15-11-16-12-19-21-8-5-4-7-20(21,9-10-22(19)14-21)17(16)13-18(15)23/h11,13,19,23H,2-10,12,14H2,1H3. The summed E-state index contributed by atoms with van der Waals surface area (Å²) in [6, 6.07) is 5.38. The van der Waals surface area contributed by atoms with Gasteiger partial charge in [-0.15, -0.1) is 0 Å². The molecule has 2 bridgehead atoms. The largest absolute Gasteiger partial charge is 0.508 e. The van der Waals surface area contributed by atoms with Crippen LogP contribution in [0, 0.1) is 5.41 Å². The second-order valence-corrected chi connectivity index (χ2v) is 8.63. The number of phenolic OH excluding ortho intramolecular Hbond substituents is 1. The fraction of sp³-hybridized carbons (Fsp3) is 0.714. The number of fused-ring (bicyclic) bond motifs is 3. The monoisotopic (exact) mass is 311 g/mol. The molecule has 0 amide bonds. The van der Waals surface area contributed by atoms with Gasteiger partial charge in [-0.05, 0) is 67.8 Å². The molecule has 0 radical (unpaired) electrons. The highest BCUT2D eigenvalue weighted by Gasteiger charge is 2.69. The van der Waals surface area contributed by atoms with Gasteiger partial charge in [0.1, 0.15) is 5.75 Å². The molecule has 1 N–H and O–H groups in total. The first-order valence-corrected chi connectivity index (χ1v) is 9.79. The van der Waals surface area contributed by atoms with E-state index in [1.54, 1.807) is 11.1 Å². The van der Waals surface area contributed by atoms with Crippen LogP contribution in [0.2, 0.25) is 0 Å². The summed E-state index contributed by atoms with van der Waals surface area (Å²) in [4.78, 5) is 2.76. The first-order chi connectivity index (χ1) is 11.2. The summed E-state index contributed by atoms with van der Waals surface area (Å²) in [5.74, 6) is 0.576. The third kappa shape index (κ3) is 1.64. The summed E-state index contributed by atoms with van der Waals surface area (Å²) in [7, 11) is 0. The third-order valence-corrected chi connectivity index (χ3v) is 7.85. The quantitative estimate of drug-likeness (QED) is 0.905. The minimum absolute atomic E-state index is 0.388. The highest BCUT2D eigenvalue weighted by molar-refractivity contribution is 5.52. The summed E-state index contributed by atoms with van der Waals surface area (Å²) >= 11 is 0. The van der Waals surface area contributed by atoms with Crippen molar-refractivity contribution in [2.24, 2.45) is 5.41 Å². The molecule has 1 aromatic carbocycles. The highest BCUT2D eigenvalue weighted by Crippen LogP contribution is 2.68. The summed E-state index contributed by atoms with van der Waals surface area (Å²) < 4.78 is 0. The van der Waals surface area contributed by atoms with Crippen molar-refractivity contribution >= 4 is 0 Å². The van der Waals surface area contributed by atoms with Crippen molar-refractivity contribution in [2.45, 2.75) is 76.2 Å². The lowest BCUT2D eigenvalue weighted by molar-refractivity contribution is -0.198. The number of phenols is 1. The molecule has 23 heavy (non-hydrogen) atoms. The molecule has 2 nitrogen and oxygen atoms in total. The van der Waals surface area contributed by atoms with Crippen molar-refractivity contribution < 1.29 is 5.11 Å². The number of nitrogens with zero attached hydrogens (tertiary/aromatic N) is 1. The van der Waals surface area contributed by atoms with Crippen LogP contribution in [0.25, 0.3) is 0 Å². The molecular weight excluding hydrogens is 282 g/mol. The summed E-state index contributed by atoms with van der Waals surface area (Å²) in [5, 5.41) is 10.7. The van der Waals surface area contributed by atoms with E-state index in [9.17, 15) is 5.11 Å². The summed E-state index contributed by atoms with van der Waals surface area (Å²) in [6.45, 7) is 4.84. The van der Waals surface area contributed by atoms with Gasteiger partial charge >= 0.3 is 0 Å². The molecule has 1 spiro atoms. The number of hydrogen-bond acceptors (Lipinski definition) is 2. The van der Waals surface area contributed by atoms with E-state index < -0.39 is 0 Å². The second kappa shape index (κ2) is 4.75. The van der Waals surface area contributed by atoms with Crippen LogP contribution in [0.4, 0.5) is 0 Å². The Morgan fingerprint density at radius 3 is 2.96 bits per heavy atom. The van der Waals surface area contributed by atoms with Gasteiger partial charge in [0, 0.05) is 23.4 Å². The third-order valence-electron chi connectivity index (χ3n) is 7.85. The molecular formula is C21H29NO. The topological polar surface area (TPSA) is 23.5 Å². The van der Waals surface area contributed by atoms with Crippen LogP contribution in [-0.2, 0) is 18.3 Å². The summed E-state index contributed by atoms with van der Waals surface area (Å²) in [6.07, 6.45) is 11.5. The molecule has 2 heterocycles. The van der Waals surface area contributed by atoms with Gasteiger partial charge in [0.25, 0.3) is 0 Å². The van der Waals surface area contributed by atoms with E-state index >= 15 is 0 Å². The lowest BCUT2D eigenvalue weighted by Gasteiger charge is -2.74. The van der Waals surface area contributed by atoms with Crippen molar-refractivity contribution in [3.63, 3.8) is 0 Å². The lowest BCUT2D eigenvalue weighted by Crippen LogP contribution is -2.79. The maximum Gasteiger partial charge on any atom is 0.119 e. The van der Waals surface area contributed by atoms with Gasteiger partial charge < -0.3 is 5.11 Å². The van der Waals surface area contributed by atoms with E-state index in [0.29, 0.717) is 16.6 Å². The Bertz CT molecular complexity index is 645. The molecule has 2 aliphatic heterocycles. The van der Waals surface area contributed by atoms with Crippen LogP contribution < -0.4 is 0 Å². The van der Waals surface area contributed by atoms with E-state index in [-0.39, 0.29) is 0 Å². The molecule has 124 valence electrons. The zero-order valence-corrected chi connectivity index (χ0v) is 14.4. The molecule has 5 rings (SSSR count). The smallest absolute Gasteiger partial charge is 0.119 e. The molecule has 4 aliphatic rings. The van der Waals surface area contributed by atoms with E-state index in [1.165, 1.54) is 70.0 Å². The van der Waals surface area contributed by atoms with Gasteiger partial charge in [0.15, 0.2) is 0 Å². The van der Waals surface area contributed by atoms with Crippen molar-refractivity contribution in [1.29, 1.82) is 0 Å². The van der Waals surface area contributed by atoms with Crippen LogP contribution in [-0.4, -0.2) is 29.1 Å². The van der Waals surface area contributed by atoms with Crippen LogP contribution in [0.1, 0.15) is 68.6 Å². The Morgan fingerprint density at radius 2 is 2.09 bits per heavy atom. The molecule has 2 saturated heterocycles. The van der Waals surface area contributed by atoms with Crippen molar-refractivity contribution in [1.82, 2.24) is 4.90 Å². The Hall–Kier alpha value is -1.02. The number of rotatable bonds is 3. The van der Waals surface area contributed by atoms with Crippen LogP contribution in [0.3, 0.4) is 0 Å². The van der Waals surface area contributed by atoms with Gasteiger partial charge in [-0.1, -0.05) is 32.3 Å². The Kier molecular flexibility index (Phi) is 2.96. The van der Waals surface area contributed by atoms with E-state index in [4.69, 9.17) is 0 Å². The van der Waals surface area contributed by atoms with Gasteiger partial charge in [0.2, 0.25) is 0 Å². The lowest BCUT2D eigenvalue weighted by atomic mass is 9.40. The Labute approximate surface area is 139 Å².